The molecule has 0 amide bonds. The van der Waals surface area contributed by atoms with Crippen molar-refractivity contribution in [3.05, 3.63) is 24.3 Å². The van der Waals surface area contributed by atoms with Gasteiger partial charge in [0.15, 0.2) is 0 Å². The third kappa shape index (κ3) is 1.89. The Morgan fingerprint density at radius 3 is 2.59 bits per heavy atom. The van der Waals surface area contributed by atoms with E-state index in [9.17, 15) is 0 Å². The molecular formula is C14H20N2O. The van der Waals surface area contributed by atoms with E-state index >= 15 is 0 Å². The van der Waals surface area contributed by atoms with E-state index in [0.717, 1.165) is 18.6 Å². The van der Waals surface area contributed by atoms with Gasteiger partial charge in [-0.25, -0.2) is 0 Å². The molecule has 2 atom stereocenters. The molecule has 17 heavy (non-hydrogen) atoms. The van der Waals surface area contributed by atoms with E-state index < -0.39 is 0 Å². The molecule has 0 aromatic heterocycles. The Morgan fingerprint density at radius 2 is 1.94 bits per heavy atom. The van der Waals surface area contributed by atoms with Gasteiger partial charge in [-0.3, -0.25) is 0 Å². The third-order valence-corrected chi connectivity index (χ3v) is 4.12. The second kappa shape index (κ2) is 4.22. The van der Waals surface area contributed by atoms with Crippen LogP contribution in [0.3, 0.4) is 0 Å². The quantitative estimate of drug-likeness (QED) is 0.849. The van der Waals surface area contributed by atoms with Crippen molar-refractivity contribution >= 4 is 5.69 Å². The lowest BCUT2D eigenvalue weighted by Crippen LogP contribution is -2.47. The smallest absolute Gasteiger partial charge is 0.120 e. The summed E-state index contributed by atoms with van der Waals surface area (Å²) in [6, 6.07) is 10.1. The van der Waals surface area contributed by atoms with E-state index in [1.54, 1.807) is 7.11 Å². The fourth-order valence-electron chi connectivity index (χ4n) is 3.41. The van der Waals surface area contributed by atoms with Gasteiger partial charge in [-0.05, 0) is 37.8 Å². The van der Waals surface area contributed by atoms with Crippen LogP contribution in [-0.2, 0) is 0 Å². The predicted octanol–water partition coefficient (Wildman–Crippen LogP) is 2.15. The van der Waals surface area contributed by atoms with Crippen LogP contribution >= 0.6 is 0 Å². The van der Waals surface area contributed by atoms with Crippen molar-refractivity contribution in [1.29, 1.82) is 0 Å². The maximum absolute atomic E-state index is 6.10. The van der Waals surface area contributed by atoms with Crippen LogP contribution in [0.5, 0.6) is 5.75 Å². The number of fused-ring (bicyclic) bond motifs is 2. The van der Waals surface area contributed by atoms with Crippen molar-refractivity contribution in [2.75, 3.05) is 12.0 Å². The molecule has 3 rings (SSSR count). The van der Waals surface area contributed by atoms with Gasteiger partial charge in [-0.1, -0.05) is 6.07 Å². The summed E-state index contributed by atoms with van der Waals surface area (Å²) in [5.74, 6) is 0.941. The summed E-state index contributed by atoms with van der Waals surface area (Å²) in [7, 11) is 1.72. The van der Waals surface area contributed by atoms with Crippen LogP contribution in [0, 0.1) is 0 Å². The molecule has 2 heterocycles. The monoisotopic (exact) mass is 232 g/mol. The van der Waals surface area contributed by atoms with Gasteiger partial charge in [0.05, 0.1) is 7.11 Å². The van der Waals surface area contributed by atoms with Crippen LogP contribution in [0.4, 0.5) is 5.69 Å². The average Bonchev–Trinajstić information content (AvgIpc) is 2.62. The number of hydrogen-bond donors (Lipinski definition) is 1. The third-order valence-electron chi connectivity index (χ3n) is 4.12. The van der Waals surface area contributed by atoms with Crippen LogP contribution in [0.25, 0.3) is 0 Å². The molecule has 1 aromatic rings. The van der Waals surface area contributed by atoms with Crippen molar-refractivity contribution in [3.63, 3.8) is 0 Å². The standard InChI is InChI=1S/C14H20N2O/c1-17-14-4-2-3-11(9-14)16-12-5-6-13(16)8-10(15)7-12/h2-4,9-10,12-13H,5-8,15H2,1H3. The lowest BCUT2D eigenvalue weighted by molar-refractivity contribution is 0.407. The molecule has 1 aromatic carbocycles. The first-order valence-corrected chi connectivity index (χ1v) is 6.46. The molecule has 0 spiro atoms. The molecule has 2 N–H and O–H groups in total. The fourth-order valence-corrected chi connectivity index (χ4v) is 3.41. The number of ether oxygens (including phenoxy) is 1. The van der Waals surface area contributed by atoms with Crippen molar-refractivity contribution in [3.8, 4) is 5.75 Å². The second-order valence-electron chi connectivity index (χ2n) is 5.23. The average molecular weight is 232 g/mol. The predicted molar refractivity (Wildman–Crippen MR) is 69.5 cm³/mol. The summed E-state index contributed by atoms with van der Waals surface area (Å²) in [6.45, 7) is 0. The first-order chi connectivity index (χ1) is 8.28. The van der Waals surface area contributed by atoms with Crippen molar-refractivity contribution in [1.82, 2.24) is 0 Å². The number of benzene rings is 1. The Kier molecular flexibility index (Phi) is 2.71. The van der Waals surface area contributed by atoms with Gasteiger partial charge in [-0.2, -0.15) is 0 Å². The summed E-state index contributed by atoms with van der Waals surface area (Å²) in [6.07, 6.45) is 4.84. The van der Waals surface area contributed by atoms with Crippen LogP contribution < -0.4 is 15.4 Å². The summed E-state index contributed by atoms with van der Waals surface area (Å²) >= 11 is 0. The lowest BCUT2D eigenvalue weighted by atomic mass is 9.97. The highest BCUT2D eigenvalue weighted by Gasteiger charge is 2.39. The minimum Gasteiger partial charge on any atom is -0.497 e. The summed E-state index contributed by atoms with van der Waals surface area (Å²) in [4.78, 5) is 2.56. The Balaban J connectivity index is 1.89. The van der Waals surface area contributed by atoms with Gasteiger partial charge in [0.1, 0.15) is 5.75 Å². The highest BCUT2D eigenvalue weighted by atomic mass is 16.5. The van der Waals surface area contributed by atoms with Crippen LogP contribution in [0.15, 0.2) is 24.3 Å². The topological polar surface area (TPSA) is 38.5 Å². The molecule has 0 saturated carbocycles. The molecular weight excluding hydrogens is 212 g/mol. The van der Waals surface area contributed by atoms with Gasteiger partial charge in [0, 0.05) is 29.9 Å². The highest BCUT2D eigenvalue weighted by Crippen LogP contribution is 2.39. The van der Waals surface area contributed by atoms with Gasteiger partial charge in [-0.15, -0.1) is 0 Å². The van der Waals surface area contributed by atoms with E-state index in [1.165, 1.54) is 18.5 Å². The number of piperidine rings is 1. The van der Waals surface area contributed by atoms with Gasteiger partial charge >= 0.3 is 0 Å². The van der Waals surface area contributed by atoms with E-state index in [4.69, 9.17) is 10.5 Å². The second-order valence-corrected chi connectivity index (χ2v) is 5.23. The number of nitrogens with two attached hydrogens (primary N) is 1. The van der Waals surface area contributed by atoms with Crippen molar-refractivity contribution in [2.24, 2.45) is 5.73 Å². The molecule has 92 valence electrons. The number of nitrogens with zero attached hydrogens (tertiary/aromatic N) is 1. The maximum Gasteiger partial charge on any atom is 0.120 e. The molecule has 0 radical (unpaired) electrons. The van der Waals surface area contributed by atoms with Crippen molar-refractivity contribution < 1.29 is 4.74 Å². The molecule has 3 nitrogen and oxygen atoms in total. The zero-order valence-corrected chi connectivity index (χ0v) is 10.3. The minimum atomic E-state index is 0.398. The number of methoxy groups -OCH3 is 1. The van der Waals surface area contributed by atoms with E-state index in [1.807, 2.05) is 6.07 Å². The largest absolute Gasteiger partial charge is 0.497 e. The van der Waals surface area contributed by atoms with E-state index in [0.29, 0.717) is 18.1 Å². The molecule has 2 aliphatic heterocycles. The molecule has 2 aliphatic rings. The number of anilines is 1. The minimum absolute atomic E-state index is 0.398. The summed E-state index contributed by atoms with van der Waals surface area (Å²) in [5.41, 5.74) is 7.40. The molecule has 2 unspecified atom stereocenters. The highest BCUT2D eigenvalue weighted by molar-refractivity contribution is 5.54. The Labute approximate surface area is 103 Å². The first kappa shape index (κ1) is 10.9. The zero-order valence-electron chi connectivity index (χ0n) is 10.3. The normalized spacial score (nSPS) is 31.6. The van der Waals surface area contributed by atoms with Crippen LogP contribution in [-0.4, -0.2) is 25.2 Å². The fraction of sp³-hybridized carbons (Fsp3) is 0.571. The SMILES string of the molecule is COc1cccc(N2C3CCC2CC(N)C3)c1. The first-order valence-electron chi connectivity index (χ1n) is 6.46. The van der Waals surface area contributed by atoms with Crippen LogP contribution in [0.1, 0.15) is 25.7 Å². The van der Waals surface area contributed by atoms with Crippen LogP contribution in [0.2, 0.25) is 0 Å². The van der Waals surface area contributed by atoms with E-state index in [-0.39, 0.29) is 0 Å². The Morgan fingerprint density at radius 1 is 1.24 bits per heavy atom. The number of rotatable bonds is 2. The van der Waals surface area contributed by atoms with Crippen molar-refractivity contribution in [2.45, 2.75) is 43.8 Å². The van der Waals surface area contributed by atoms with Gasteiger partial charge < -0.3 is 15.4 Å². The lowest BCUT2D eigenvalue weighted by Gasteiger charge is -2.39. The molecule has 0 aliphatic carbocycles. The maximum atomic E-state index is 6.10. The van der Waals surface area contributed by atoms with Gasteiger partial charge in [0.25, 0.3) is 0 Å². The zero-order chi connectivity index (χ0) is 11.8. The molecule has 3 heteroatoms. The molecule has 2 fully saturated rings. The summed E-state index contributed by atoms with van der Waals surface area (Å²) in [5, 5.41) is 0. The Hall–Kier alpha value is -1.22. The Bertz CT molecular complexity index is 393. The van der Waals surface area contributed by atoms with E-state index in [2.05, 4.69) is 23.1 Å². The van der Waals surface area contributed by atoms with Gasteiger partial charge in [0.2, 0.25) is 0 Å². The molecule has 2 bridgehead atoms. The number of hydrogen-bond acceptors (Lipinski definition) is 3. The molecule has 2 saturated heterocycles. The summed E-state index contributed by atoms with van der Waals surface area (Å²) < 4.78 is 5.31.